The van der Waals surface area contributed by atoms with E-state index in [-0.39, 0.29) is 24.3 Å². The van der Waals surface area contributed by atoms with E-state index in [4.69, 9.17) is 0 Å². The number of carbonyl (C=O) groups is 2. The molecular formula is C19H25N5O2S. The van der Waals surface area contributed by atoms with Crippen LogP contribution in [0, 0.1) is 0 Å². The standard InChI is InChI=1S/C19H25N5O2S/c1-3-16-18(27-23-22-16)19(26)20-13(2)11-17(25)21-14-7-6-8-15(12-14)24-9-4-5-10-24/h6-8,12-13H,3-5,9-11H2,1-2H3,(H,20,26)(H,21,25). The fourth-order valence-corrected chi connectivity index (χ4v) is 3.85. The highest BCUT2D eigenvalue weighted by molar-refractivity contribution is 7.08. The van der Waals surface area contributed by atoms with Crippen molar-refractivity contribution in [3.8, 4) is 0 Å². The Morgan fingerprint density at radius 3 is 2.81 bits per heavy atom. The number of aryl methyl sites for hydroxylation is 1. The third-order valence-electron chi connectivity index (χ3n) is 4.57. The van der Waals surface area contributed by atoms with E-state index in [9.17, 15) is 9.59 Å². The van der Waals surface area contributed by atoms with Crippen LogP contribution in [0.15, 0.2) is 24.3 Å². The predicted octanol–water partition coefficient (Wildman–Crippen LogP) is 2.85. The average Bonchev–Trinajstić information content (AvgIpc) is 3.33. The van der Waals surface area contributed by atoms with Gasteiger partial charge < -0.3 is 15.5 Å². The van der Waals surface area contributed by atoms with E-state index in [1.807, 2.05) is 32.0 Å². The average molecular weight is 388 g/mol. The van der Waals surface area contributed by atoms with Crippen molar-refractivity contribution in [1.82, 2.24) is 14.9 Å². The highest BCUT2D eigenvalue weighted by Gasteiger charge is 2.19. The van der Waals surface area contributed by atoms with E-state index >= 15 is 0 Å². The summed E-state index contributed by atoms with van der Waals surface area (Å²) in [6, 6.07) is 7.63. The number of rotatable bonds is 7. The van der Waals surface area contributed by atoms with Crippen molar-refractivity contribution in [3.63, 3.8) is 0 Å². The van der Waals surface area contributed by atoms with Crippen molar-refractivity contribution in [2.45, 2.75) is 45.6 Å². The van der Waals surface area contributed by atoms with E-state index in [0.29, 0.717) is 17.0 Å². The van der Waals surface area contributed by atoms with Crippen LogP contribution in [0.4, 0.5) is 11.4 Å². The van der Waals surface area contributed by atoms with Crippen LogP contribution >= 0.6 is 11.5 Å². The number of hydrogen-bond donors (Lipinski definition) is 2. The van der Waals surface area contributed by atoms with Crippen molar-refractivity contribution < 1.29 is 9.59 Å². The van der Waals surface area contributed by atoms with Gasteiger partial charge in [0.15, 0.2) is 0 Å². The van der Waals surface area contributed by atoms with Crippen molar-refractivity contribution >= 4 is 34.7 Å². The Bertz CT molecular complexity index is 801. The van der Waals surface area contributed by atoms with Crippen LogP contribution in [0.5, 0.6) is 0 Å². The molecule has 0 aliphatic carbocycles. The van der Waals surface area contributed by atoms with Gasteiger partial charge in [0.25, 0.3) is 5.91 Å². The molecule has 8 heteroatoms. The smallest absolute Gasteiger partial charge is 0.265 e. The minimum absolute atomic E-state index is 0.125. The van der Waals surface area contributed by atoms with Crippen molar-refractivity contribution in [1.29, 1.82) is 0 Å². The summed E-state index contributed by atoms with van der Waals surface area (Å²) in [7, 11) is 0. The van der Waals surface area contributed by atoms with Crippen LogP contribution in [-0.2, 0) is 11.2 Å². The maximum atomic E-state index is 12.3. The van der Waals surface area contributed by atoms with Gasteiger partial charge in [-0.05, 0) is 55.9 Å². The van der Waals surface area contributed by atoms with Crippen LogP contribution in [0.3, 0.4) is 0 Å². The first-order chi connectivity index (χ1) is 13.1. The van der Waals surface area contributed by atoms with E-state index < -0.39 is 0 Å². The fourth-order valence-electron chi connectivity index (χ4n) is 3.20. The van der Waals surface area contributed by atoms with E-state index in [1.165, 1.54) is 12.8 Å². The molecule has 1 aromatic carbocycles. The lowest BCUT2D eigenvalue weighted by molar-refractivity contribution is -0.116. The Morgan fingerprint density at radius 1 is 1.30 bits per heavy atom. The third-order valence-corrected chi connectivity index (χ3v) is 5.33. The van der Waals surface area contributed by atoms with E-state index in [1.54, 1.807) is 0 Å². The second-order valence-electron chi connectivity index (χ2n) is 6.77. The van der Waals surface area contributed by atoms with Gasteiger partial charge in [0.05, 0.1) is 5.69 Å². The van der Waals surface area contributed by atoms with Crippen molar-refractivity contribution in [3.05, 3.63) is 34.8 Å². The number of hydrogen-bond acceptors (Lipinski definition) is 6. The molecule has 1 saturated heterocycles. The summed E-state index contributed by atoms with van der Waals surface area (Å²) in [6.45, 7) is 5.87. The van der Waals surface area contributed by atoms with Gasteiger partial charge in [-0.25, -0.2) is 0 Å². The zero-order valence-electron chi connectivity index (χ0n) is 15.7. The van der Waals surface area contributed by atoms with E-state index in [2.05, 4.69) is 31.2 Å². The number of nitrogens with zero attached hydrogens (tertiary/aromatic N) is 3. The number of anilines is 2. The monoisotopic (exact) mass is 387 g/mol. The molecule has 1 atom stereocenters. The van der Waals surface area contributed by atoms with Gasteiger partial charge in [-0.2, -0.15) is 0 Å². The Morgan fingerprint density at radius 2 is 2.07 bits per heavy atom. The molecule has 1 fully saturated rings. The largest absolute Gasteiger partial charge is 0.371 e. The SMILES string of the molecule is CCc1nnsc1C(=O)NC(C)CC(=O)Nc1cccc(N2CCCC2)c1. The summed E-state index contributed by atoms with van der Waals surface area (Å²) in [4.78, 5) is 27.5. The molecule has 1 aromatic heterocycles. The number of aromatic nitrogens is 2. The Kier molecular flexibility index (Phi) is 6.39. The maximum Gasteiger partial charge on any atom is 0.265 e. The summed E-state index contributed by atoms with van der Waals surface area (Å²) in [5.74, 6) is -0.349. The van der Waals surface area contributed by atoms with Crippen LogP contribution in [0.25, 0.3) is 0 Å². The number of amides is 2. The second-order valence-corrected chi connectivity index (χ2v) is 7.53. The number of benzene rings is 1. The maximum absolute atomic E-state index is 12.3. The van der Waals surface area contributed by atoms with Gasteiger partial charge in [0.1, 0.15) is 4.88 Å². The summed E-state index contributed by atoms with van der Waals surface area (Å²) < 4.78 is 3.83. The summed E-state index contributed by atoms with van der Waals surface area (Å²) in [6.07, 6.45) is 3.28. The molecule has 3 rings (SSSR count). The molecule has 7 nitrogen and oxygen atoms in total. The molecule has 2 N–H and O–H groups in total. The molecule has 2 amide bonds. The summed E-state index contributed by atoms with van der Waals surface area (Å²) >= 11 is 1.08. The molecule has 0 spiro atoms. The lowest BCUT2D eigenvalue weighted by Gasteiger charge is -2.19. The summed E-state index contributed by atoms with van der Waals surface area (Å²) in [5, 5.41) is 9.73. The normalized spacial score (nSPS) is 14.8. The number of nitrogens with one attached hydrogen (secondary N) is 2. The minimum atomic E-state index is -0.286. The van der Waals surface area contributed by atoms with Crippen LogP contribution in [-0.4, -0.2) is 40.5 Å². The second kappa shape index (κ2) is 8.94. The molecule has 0 saturated carbocycles. The quantitative estimate of drug-likeness (QED) is 0.763. The molecule has 1 aliphatic rings. The van der Waals surface area contributed by atoms with Crippen molar-refractivity contribution in [2.75, 3.05) is 23.3 Å². The molecule has 1 aliphatic heterocycles. The zero-order valence-corrected chi connectivity index (χ0v) is 16.5. The van der Waals surface area contributed by atoms with Crippen molar-refractivity contribution in [2.24, 2.45) is 0 Å². The molecular weight excluding hydrogens is 362 g/mol. The van der Waals surface area contributed by atoms with Gasteiger partial charge in [0, 0.05) is 36.9 Å². The first kappa shape index (κ1) is 19.3. The lowest BCUT2D eigenvalue weighted by atomic mass is 10.2. The predicted molar refractivity (Wildman–Crippen MR) is 107 cm³/mol. The first-order valence-corrected chi connectivity index (χ1v) is 10.1. The highest BCUT2D eigenvalue weighted by atomic mass is 32.1. The topological polar surface area (TPSA) is 87.2 Å². The van der Waals surface area contributed by atoms with Gasteiger partial charge in [0.2, 0.25) is 5.91 Å². The molecule has 2 aromatic rings. The molecule has 144 valence electrons. The zero-order chi connectivity index (χ0) is 19.2. The van der Waals surface area contributed by atoms with Gasteiger partial charge >= 0.3 is 0 Å². The van der Waals surface area contributed by atoms with Gasteiger partial charge in [-0.1, -0.05) is 17.5 Å². The van der Waals surface area contributed by atoms with Crippen LogP contribution < -0.4 is 15.5 Å². The number of carbonyl (C=O) groups excluding carboxylic acids is 2. The highest BCUT2D eigenvalue weighted by Crippen LogP contribution is 2.23. The van der Waals surface area contributed by atoms with Gasteiger partial charge in [-0.15, -0.1) is 5.10 Å². The molecule has 0 radical (unpaired) electrons. The lowest BCUT2D eigenvalue weighted by Crippen LogP contribution is -2.35. The summed E-state index contributed by atoms with van der Waals surface area (Å²) in [5.41, 5.74) is 2.60. The molecule has 27 heavy (non-hydrogen) atoms. The third kappa shape index (κ3) is 5.03. The van der Waals surface area contributed by atoms with E-state index in [0.717, 1.165) is 36.0 Å². The Balaban J connectivity index is 1.53. The van der Waals surface area contributed by atoms with Crippen LogP contribution in [0.2, 0.25) is 0 Å². The minimum Gasteiger partial charge on any atom is -0.371 e. The van der Waals surface area contributed by atoms with Gasteiger partial charge in [-0.3, -0.25) is 9.59 Å². The molecule has 2 heterocycles. The Labute approximate surface area is 163 Å². The Hall–Kier alpha value is -2.48. The fraction of sp³-hybridized carbons (Fsp3) is 0.474. The first-order valence-electron chi connectivity index (χ1n) is 9.33. The van der Waals surface area contributed by atoms with Crippen LogP contribution in [0.1, 0.15) is 48.5 Å². The molecule has 1 unspecified atom stereocenters. The molecule has 0 bridgehead atoms.